The van der Waals surface area contributed by atoms with Crippen molar-refractivity contribution in [1.82, 2.24) is 9.13 Å². The molecule has 0 aliphatic rings. The van der Waals surface area contributed by atoms with Gasteiger partial charge in [0.15, 0.2) is 0 Å². The quantitative estimate of drug-likeness (QED) is 0.717. The van der Waals surface area contributed by atoms with E-state index in [1.54, 1.807) is 41.4 Å². The first kappa shape index (κ1) is 10.8. The average Bonchev–Trinajstić information content (AvgIpc) is 2.78. The van der Waals surface area contributed by atoms with Crippen molar-refractivity contribution in [2.24, 2.45) is 14.1 Å². The fourth-order valence-electron chi connectivity index (χ4n) is 2.53. The standard InChI is InChI=1S/C13H11FN2O2/c1-15-9-6-10(13(17)18)16(2)12(9)7-4-3-5-8(14)11(7)15/h3-6H,1-2H3,(H,17,18). The van der Waals surface area contributed by atoms with Crippen molar-refractivity contribution in [3.8, 4) is 0 Å². The third kappa shape index (κ3) is 1.16. The molecule has 0 bridgehead atoms. The van der Waals surface area contributed by atoms with E-state index < -0.39 is 5.97 Å². The molecule has 1 N–H and O–H groups in total. The summed E-state index contributed by atoms with van der Waals surface area (Å²) in [7, 11) is 3.41. The van der Waals surface area contributed by atoms with Crippen molar-refractivity contribution < 1.29 is 14.3 Å². The molecule has 92 valence electrons. The van der Waals surface area contributed by atoms with Crippen LogP contribution in [-0.2, 0) is 14.1 Å². The van der Waals surface area contributed by atoms with Crippen LogP contribution in [0.25, 0.3) is 21.9 Å². The third-order valence-corrected chi connectivity index (χ3v) is 3.37. The molecule has 0 saturated heterocycles. The summed E-state index contributed by atoms with van der Waals surface area (Å²) in [6.45, 7) is 0. The van der Waals surface area contributed by atoms with E-state index >= 15 is 0 Å². The van der Waals surface area contributed by atoms with E-state index in [2.05, 4.69) is 0 Å². The molecular formula is C13H11FN2O2. The maximum Gasteiger partial charge on any atom is 0.352 e. The van der Waals surface area contributed by atoms with Crippen molar-refractivity contribution in [2.45, 2.75) is 0 Å². The lowest BCUT2D eigenvalue weighted by Crippen LogP contribution is -2.03. The zero-order chi connectivity index (χ0) is 13.0. The number of rotatable bonds is 1. The predicted octanol–water partition coefficient (Wildman–Crippen LogP) is 2.51. The molecule has 3 rings (SSSR count). The Labute approximate surface area is 102 Å². The smallest absolute Gasteiger partial charge is 0.352 e. The van der Waals surface area contributed by atoms with Gasteiger partial charge in [-0.3, -0.25) is 0 Å². The third-order valence-electron chi connectivity index (χ3n) is 3.37. The molecule has 1 aromatic carbocycles. The molecule has 18 heavy (non-hydrogen) atoms. The lowest BCUT2D eigenvalue weighted by molar-refractivity contribution is 0.0687. The largest absolute Gasteiger partial charge is 0.477 e. The van der Waals surface area contributed by atoms with Gasteiger partial charge < -0.3 is 14.2 Å². The Kier molecular flexibility index (Phi) is 2.02. The summed E-state index contributed by atoms with van der Waals surface area (Å²) >= 11 is 0. The average molecular weight is 246 g/mol. The minimum atomic E-state index is -0.988. The maximum absolute atomic E-state index is 13.8. The minimum Gasteiger partial charge on any atom is -0.477 e. The van der Waals surface area contributed by atoms with E-state index in [0.717, 1.165) is 16.4 Å². The lowest BCUT2D eigenvalue weighted by atomic mass is 10.2. The number of hydrogen-bond donors (Lipinski definition) is 1. The van der Waals surface area contributed by atoms with Crippen LogP contribution >= 0.6 is 0 Å². The number of hydrogen-bond acceptors (Lipinski definition) is 1. The molecule has 0 spiro atoms. The van der Waals surface area contributed by atoms with E-state index in [1.165, 1.54) is 6.07 Å². The summed E-state index contributed by atoms with van der Waals surface area (Å²) < 4.78 is 17.1. The molecule has 0 radical (unpaired) electrons. The van der Waals surface area contributed by atoms with Crippen LogP contribution in [0.2, 0.25) is 0 Å². The van der Waals surface area contributed by atoms with Crippen molar-refractivity contribution >= 4 is 27.9 Å². The summed E-state index contributed by atoms with van der Waals surface area (Å²) in [4.78, 5) is 11.1. The Bertz CT molecular complexity index is 798. The molecule has 2 aromatic heterocycles. The molecule has 0 aliphatic carbocycles. The van der Waals surface area contributed by atoms with Crippen molar-refractivity contribution in [3.63, 3.8) is 0 Å². The highest BCUT2D eigenvalue weighted by molar-refractivity contribution is 6.09. The Morgan fingerprint density at radius 2 is 1.94 bits per heavy atom. The molecule has 0 aliphatic heterocycles. The van der Waals surface area contributed by atoms with Gasteiger partial charge in [-0.05, 0) is 12.1 Å². The molecule has 3 aromatic rings. The van der Waals surface area contributed by atoms with Crippen LogP contribution in [0.15, 0.2) is 24.3 Å². The summed E-state index contributed by atoms with van der Waals surface area (Å²) in [5, 5.41) is 9.82. The molecule has 0 unspecified atom stereocenters. The normalized spacial score (nSPS) is 11.5. The topological polar surface area (TPSA) is 47.2 Å². The zero-order valence-corrected chi connectivity index (χ0v) is 9.94. The van der Waals surface area contributed by atoms with E-state index in [1.807, 2.05) is 0 Å². The van der Waals surface area contributed by atoms with Gasteiger partial charge in [0.25, 0.3) is 0 Å². The highest BCUT2D eigenvalue weighted by atomic mass is 19.1. The first-order valence-electron chi connectivity index (χ1n) is 5.48. The maximum atomic E-state index is 13.8. The number of aryl methyl sites for hydroxylation is 2. The molecule has 0 fully saturated rings. The summed E-state index contributed by atoms with van der Waals surface area (Å²) in [6, 6.07) is 6.40. The number of benzene rings is 1. The molecule has 0 atom stereocenters. The summed E-state index contributed by atoms with van der Waals surface area (Å²) in [6.07, 6.45) is 0. The zero-order valence-electron chi connectivity index (χ0n) is 9.94. The SMILES string of the molecule is Cn1c(C(=O)O)cc2c1c1cccc(F)c1n2C. The van der Waals surface area contributed by atoms with Crippen LogP contribution in [0.5, 0.6) is 0 Å². The monoisotopic (exact) mass is 246 g/mol. The highest BCUT2D eigenvalue weighted by Crippen LogP contribution is 2.31. The minimum absolute atomic E-state index is 0.196. The lowest BCUT2D eigenvalue weighted by Gasteiger charge is -2.00. The van der Waals surface area contributed by atoms with Gasteiger partial charge in [-0.1, -0.05) is 12.1 Å². The van der Waals surface area contributed by atoms with Crippen LogP contribution < -0.4 is 0 Å². The Morgan fingerprint density at radius 3 is 2.61 bits per heavy atom. The van der Waals surface area contributed by atoms with Crippen LogP contribution in [0.1, 0.15) is 10.5 Å². The summed E-state index contributed by atoms with van der Waals surface area (Å²) in [5.74, 6) is -1.29. The molecule has 5 heteroatoms. The predicted molar refractivity (Wildman–Crippen MR) is 66.3 cm³/mol. The van der Waals surface area contributed by atoms with Crippen LogP contribution in [0, 0.1) is 5.82 Å². The van der Waals surface area contributed by atoms with Gasteiger partial charge in [0.1, 0.15) is 11.5 Å². The van der Waals surface area contributed by atoms with Crippen LogP contribution in [-0.4, -0.2) is 20.2 Å². The number of halogens is 1. The summed E-state index contributed by atoms with van der Waals surface area (Å²) in [5.41, 5.74) is 2.15. The first-order valence-corrected chi connectivity index (χ1v) is 5.48. The fraction of sp³-hybridized carbons (Fsp3) is 0.154. The second kappa shape index (κ2) is 3.35. The van der Waals surface area contributed by atoms with Gasteiger partial charge in [-0.25, -0.2) is 9.18 Å². The van der Waals surface area contributed by atoms with Gasteiger partial charge in [-0.2, -0.15) is 0 Å². The molecule has 0 saturated carbocycles. The molecule has 4 nitrogen and oxygen atoms in total. The highest BCUT2D eigenvalue weighted by Gasteiger charge is 2.19. The second-order valence-corrected chi connectivity index (χ2v) is 4.32. The molecule has 2 heterocycles. The van der Waals surface area contributed by atoms with Crippen molar-refractivity contribution in [1.29, 1.82) is 0 Å². The van der Waals surface area contributed by atoms with Gasteiger partial charge in [0.2, 0.25) is 0 Å². The van der Waals surface area contributed by atoms with Gasteiger partial charge in [-0.15, -0.1) is 0 Å². The van der Waals surface area contributed by atoms with Crippen LogP contribution in [0.4, 0.5) is 4.39 Å². The number of para-hydroxylation sites is 1. The van der Waals surface area contributed by atoms with E-state index in [0.29, 0.717) is 5.52 Å². The van der Waals surface area contributed by atoms with E-state index in [9.17, 15) is 9.18 Å². The van der Waals surface area contributed by atoms with E-state index in [4.69, 9.17) is 5.11 Å². The number of nitrogens with zero attached hydrogens (tertiary/aromatic N) is 2. The number of carboxylic acids is 1. The van der Waals surface area contributed by atoms with Crippen molar-refractivity contribution in [2.75, 3.05) is 0 Å². The number of aromatic nitrogens is 2. The van der Waals surface area contributed by atoms with Gasteiger partial charge in [0.05, 0.1) is 16.6 Å². The fourth-order valence-corrected chi connectivity index (χ4v) is 2.53. The number of carboxylic acid groups (broad SMARTS) is 1. The Morgan fingerprint density at radius 1 is 1.22 bits per heavy atom. The number of carbonyl (C=O) groups is 1. The van der Waals surface area contributed by atoms with Gasteiger partial charge in [0, 0.05) is 19.5 Å². The Balaban J connectivity index is 2.58. The molecule has 0 amide bonds. The second-order valence-electron chi connectivity index (χ2n) is 4.32. The van der Waals surface area contributed by atoms with E-state index in [-0.39, 0.29) is 11.5 Å². The van der Waals surface area contributed by atoms with Crippen molar-refractivity contribution in [3.05, 3.63) is 35.8 Å². The number of fused-ring (bicyclic) bond motifs is 3. The Hall–Kier alpha value is -2.30. The van der Waals surface area contributed by atoms with Crippen LogP contribution in [0.3, 0.4) is 0 Å². The molecular weight excluding hydrogens is 235 g/mol. The van der Waals surface area contributed by atoms with Gasteiger partial charge >= 0.3 is 5.97 Å². The first-order chi connectivity index (χ1) is 8.52. The number of aromatic carboxylic acids is 1.